The van der Waals surface area contributed by atoms with Gasteiger partial charge in [-0.2, -0.15) is 15.0 Å². The minimum Gasteiger partial charge on any atom is -0.467 e. The van der Waals surface area contributed by atoms with Crippen LogP contribution in [0.25, 0.3) is 0 Å². The molecule has 1 fully saturated rings. The zero-order chi connectivity index (χ0) is 12.3. The van der Waals surface area contributed by atoms with E-state index in [0.29, 0.717) is 18.6 Å². The highest BCUT2D eigenvalue weighted by molar-refractivity contribution is 5.38. The number of anilines is 2. The van der Waals surface area contributed by atoms with Crippen LogP contribution < -0.4 is 15.4 Å². The zero-order valence-corrected chi connectivity index (χ0v) is 10.1. The first-order valence-corrected chi connectivity index (χ1v) is 5.55. The molecule has 2 N–H and O–H groups in total. The number of nitrogens with two attached hydrogens (primary N) is 1. The van der Waals surface area contributed by atoms with E-state index in [-0.39, 0.29) is 12.0 Å². The SMILES string of the molecule is COCCN(c1nc(N)nc(OC)n1)C1CC1. The lowest BCUT2D eigenvalue weighted by Gasteiger charge is -2.21. The van der Waals surface area contributed by atoms with Gasteiger partial charge in [-0.1, -0.05) is 0 Å². The molecule has 0 bridgehead atoms. The number of hydrogen-bond donors (Lipinski definition) is 1. The Morgan fingerprint density at radius 1 is 1.29 bits per heavy atom. The van der Waals surface area contributed by atoms with Gasteiger partial charge in [0.1, 0.15) is 0 Å². The van der Waals surface area contributed by atoms with Crippen molar-refractivity contribution >= 4 is 11.9 Å². The van der Waals surface area contributed by atoms with Crippen LogP contribution in [0, 0.1) is 0 Å². The van der Waals surface area contributed by atoms with Gasteiger partial charge in [-0.05, 0) is 12.8 Å². The quantitative estimate of drug-likeness (QED) is 0.752. The van der Waals surface area contributed by atoms with Crippen molar-refractivity contribution in [3.05, 3.63) is 0 Å². The molecule has 0 aliphatic heterocycles. The van der Waals surface area contributed by atoms with Crippen molar-refractivity contribution in [2.24, 2.45) is 0 Å². The first kappa shape index (κ1) is 11.8. The lowest BCUT2D eigenvalue weighted by Crippen LogP contribution is -2.31. The highest BCUT2D eigenvalue weighted by atomic mass is 16.5. The molecular formula is C10H17N5O2. The van der Waals surface area contributed by atoms with Gasteiger partial charge >= 0.3 is 6.01 Å². The Hall–Kier alpha value is -1.63. The monoisotopic (exact) mass is 239 g/mol. The van der Waals surface area contributed by atoms with Crippen molar-refractivity contribution in [2.45, 2.75) is 18.9 Å². The van der Waals surface area contributed by atoms with Crippen molar-refractivity contribution in [1.29, 1.82) is 0 Å². The smallest absolute Gasteiger partial charge is 0.322 e. The first-order chi connectivity index (χ1) is 8.24. The number of nitrogen functional groups attached to an aromatic ring is 1. The van der Waals surface area contributed by atoms with E-state index in [9.17, 15) is 0 Å². The van der Waals surface area contributed by atoms with E-state index in [1.165, 1.54) is 7.11 Å². The van der Waals surface area contributed by atoms with Gasteiger partial charge in [-0.15, -0.1) is 0 Å². The third-order valence-electron chi connectivity index (χ3n) is 2.58. The summed E-state index contributed by atoms with van der Waals surface area (Å²) in [5.74, 6) is 0.740. The van der Waals surface area contributed by atoms with Crippen molar-refractivity contribution in [2.75, 3.05) is 38.0 Å². The van der Waals surface area contributed by atoms with Gasteiger partial charge in [0.2, 0.25) is 11.9 Å². The maximum absolute atomic E-state index is 5.62. The normalized spacial score (nSPS) is 14.7. The van der Waals surface area contributed by atoms with Crippen molar-refractivity contribution in [3.8, 4) is 6.01 Å². The van der Waals surface area contributed by atoms with Crippen molar-refractivity contribution in [1.82, 2.24) is 15.0 Å². The predicted octanol–water partition coefficient (Wildman–Crippen LogP) is 0.0776. The second kappa shape index (κ2) is 5.13. The number of aromatic nitrogens is 3. The number of nitrogens with zero attached hydrogens (tertiary/aromatic N) is 4. The molecule has 7 nitrogen and oxygen atoms in total. The highest BCUT2D eigenvalue weighted by Crippen LogP contribution is 2.30. The minimum absolute atomic E-state index is 0.176. The van der Waals surface area contributed by atoms with E-state index in [0.717, 1.165) is 19.4 Å². The van der Waals surface area contributed by atoms with Crippen molar-refractivity contribution < 1.29 is 9.47 Å². The molecular weight excluding hydrogens is 222 g/mol. The van der Waals surface area contributed by atoms with Crippen LogP contribution >= 0.6 is 0 Å². The zero-order valence-electron chi connectivity index (χ0n) is 10.1. The summed E-state index contributed by atoms with van der Waals surface area (Å²) in [6.45, 7) is 1.37. The van der Waals surface area contributed by atoms with Gasteiger partial charge in [0.15, 0.2) is 0 Å². The summed E-state index contributed by atoms with van der Waals surface area (Å²) in [6, 6.07) is 0.729. The average molecular weight is 239 g/mol. The second-order valence-corrected chi connectivity index (χ2v) is 3.90. The largest absolute Gasteiger partial charge is 0.467 e. The molecule has 0 saturated heterocycles. The fourth-order valence-corrected chi connectivity index (χ4v) is 1.60. The molecule has 0 amide bonds. The van der Waals surface area contributed by atoms with Crippen LogP contribution in [0.2, 0.25) is 0 Å². The Labute approximate surface area is 100.0 Å². The van der Waals surface area contributed by atoms with E-state index in [2.05, 4.69) is 19.9 Å². The Balaban J connectivity index is 2.18. The molecule has 0 radical (unpaired) electrons. The van der Waals surface area contributed by atoms with E-state index in [1.807, 2.05) is 0 Å². The molecule has 1 aromatic heterocycles. The Morgan fingerprint density at radius 3 is 2.65 bits per heavy atom. The van der Waals surface area contributed by atoms with Gasteiger partial charge in [-0.25, -0.2) is 0 Å². The summed E-state index contributed by atoms with van der Waals surface area (Å²) < 4.78 is 10.1. The highest BCUT2D eigenvalue weighted by Gasteiger charge is 2.31. The van der Waals surface area contributed by atoms with E-state index >= 15 is 0 Å². The summed E-state index contributed by atoms with van der Waals surface area (Å²) >= 11 is 0. The van der Waals surface area contributed by atoms with Gasteiger partial charge < -0.3 is 20.1 Å². The Bertz CT molecular complexity index is 383. The lowest BCUT2D eigenvalue weighted by molar-refractivity contribution is 0.204. The van der Waals surface area contributed by atoms with E-state index < -0.39 is 0 Å². The maximum Gasteiger partial charge on any atom is 0.322 e. The molecule has 1 saturated carbocycles. The number of ether oxygens (including phenoxy) is 2. The summed E-state index contributed by atoms with van der Waals surface area (Å²) in [4.78, 5) is 14.3. The minimum atomic E-state index is 0.176. The topological polar surface area (TPSA) is 86.4 Å². The summed E-state index contributed by atoms with van der Waals surface area (Å²) in [5.41, 5.74) is 5.62. The molecule has 0 atom stereocenters. The van der Waals surface area contributed by atoms with Crippen LogP contribution in [0.4, 0.5) is 11.9 Å². The molecule has 0 aromatic carbocycles. The number of hydrogen-bond acceptors (Lipinski definition) is 7. The summed E-state index contributed by atoms with van der Waals surface area (Å²) in [5, 5.41) is 0. The predicted molar refractivity (Wildman–Crippen MR) is 63.0 cm³/mol. The Kier molecular flexibility index (Phi) is 3.58. The first-order valence-electron chi connectivity index (χ1n) is 5.55. The van der Waals surface area contributed by atoms with Crippen LogP contribution in [0.3, 0.4) is 0 Å². The molecule has 1 aliphatic rings. The van der Waals surface area contributed by atoms with Gasteiger partial charge in [0.05, 0.1) is 13.7 Å². The van der Waals surface area contributed by atoms with E-state index in [1.54, 1.807) is 7.11 Å². The molecule has 94 valence electrons. The average Bonchev–Trinajstić information content (AvgIpc) is 3.13. The molecule has 1 aliphatic carbocycles. The van der Waals surface area contributed by atoms with E-state index in [4.69, 9.17) is 15.2 Å². The summed E-state index contributed by atoms with van der Waals surface area (Å²) in [7, 11) is 3.18. The number of methoxy groups -OCH3 is 2. The van der Waals surface area contributed by atoms with Crippen LogP contribution in [-0.4, -0.2) is 48.4 Å². The lowest BCUT2D eigenvalue weighted by atomic mass is 10.5. The molecule has 0 unspecified atom stereocenters. The molecule has 1 heterocycles. The van der Waals surface area contributed by atoms with Gasteiger partial charge in [-0.3, -0.25) is 0 Å². The molecule has 7 heteroatoms. The molecule has 17 heavy (non-hydrogen) atoms. The van der Waals surface area contributed by atoms with Crippen LogP contribution in [0.1, 0.15) is 12.8 Å². The fraction of sp³-hybridized carbons (Fsp3) is 0.700. The van der Waals surface area contributed by atoms with Gasteiger partial charge in [0.25, 0.3) is 0 Å². The van der Waals surface area contributed by atoms with Gasteiger partial charge in [0, 0.05) is 19.7 Å². The molecule has 1 aromatic rings. The third-order valence-corrected chi connectivity index (χ3v) is 2.58. The Morgan fingerprint density at radius 2 is 2.06 bits per heavy atom. The number of rotatable bonds is 6. The fourth-order valence-electron chi connectivity index (χ4n) is 1.60. The maximum atomic E-state index is 5.62. The van der Waals surface area contributed by atoms with Crippen LogP contribution in [0.5, 0.6) is 6.01 Å². The van der Waals surface area contributed by atoms with Crippen LogP contribution in [-0.2, 0) is 4.74 Å². The standard InChI is InChI=1S/C10H17N5O2/c1-16-6-5-15(7-3-4-7)9-12-8(11)13-10(14-9)17-2/h7H,3-6H2,1-2H3,(H2,11,12,13,14). The molecule has 2 rings (SSSR count). The van der Waals surface area contributed by atoms with Crippen LogP contribution in [0.15, 0.2) is 0 Å². The second-order valence-electron chi connectivity index (χ2n) is 3.90. The van der Waals surface area contributed by atoms with Crippen molar-refractivity contribution in [3.63, 3.8) is 0 Å². The molecule has 0 spiro atoms. The third kappa shape index (κ3) is 2.94. The summed E-state index contributed by atoms with van der Waals surface area (Å²) in [6.07, 6.45) is 2.30.